The molecule has 1 heterocycles. The van der Waals surface area contributed by atoms with Gasteiger partial charge in [-0.3, -0.25) is 9.48 Å². The smallest absolute Gasteiger partial charge is 0.200 e. The molecule has 0 aliphatic rings. The minimum absolute atomic E-state index is 0.250. The van der Waals surface area contributed by atoms with Crippen LogP contribution >= 0.6 is 23.2 Å². The van der Waals surface area contributed by atoms with E-state index < -0.39 is 0 Å². The van der Waals surface area contributed by atoms with Gasteiger partial charge in [0.1, 0.15) is 5.82 Å². The molecule has 1 aromatic heterocycles. The molecule has 0 atom stereocenters. The zero-order valence-electron chi connectivity index (χ0n) is 9.87. The van der Waals surface area contributed by atoms with E-state index in [1.807, 2.05) is 0 Å². The largest absolute Gasteiger partial charge is 0.383 e. The van der Waals surface area contributed by atoms with Gasteiger partial charge in [0.15, 0.2) is 5.78 Å². The van der Waals surface area contributed by atoms with E-state index in [1.165, 1.54) is 10.7 Å². The van der Waals surface area contributed by atoms with Crippen molar-refractivity contribution < 1.29 is 4.79 Å². The zero-order valence-corrected chi connectivity index (χ0v) is 11.4. The van der Waals surface area contributed by atoms with Crippen molar-refractivity contribution in [3.8, 4) is 0 Å². The van der Waals surface area contributed by atoms with Gasteiger partial charge in [0.05, 0.1) is 16.3 Å². The number of nitrogens with two attached hydrogens (primary N) is 1. The zero-order chi connectivity index (χ0) is 13.4. The number of nitrogen functional groups attached to an aromatic ring is 1. The molecule has 0 saturated heterocycles. The highest BCUT2D eigenvalue weighted by Gasteiger charge is 2.21. The van der Waals surface area contributed by atoms with Crippen LogP contribution in [0.4, 0.5) is 5.82 Å². The van der Waals surface area contributed by atoms with Crippen molar-refractivity contribution in [3.05, 3.63) is 45.1 Å². The fourth-order valence-corrected chi connectivity index (χ4v) is 2.26. The number of carbonyl (C=O) groups excluding carboxylic acids is 1. The maximum atomic E-state index is 12.4. The minimum Gasteiger partial charge on any atom is -0.383 e. The van der Waals surface area contributed by atoms with Crippen molar-refractivity contribution in [2.75, 3.05) is 5.73 Å². The summed E-state index contributed by atoms with van der Waals surface area (Å²) in [6.07, 6.45) is 0. The lowest BCUT2D eigenvalue weighted by Crippen LogP contribution is -2.07. The molecule has 2 N–H and O–H groups in total. The molecule has 18 heavy (non-hydrogen) atoms. The van der Waals surface area contributed by atoms with E-state index in [-0.39, 0.29) is 5.78 Å². The van der Waals surface area contributed by atoms with Crippen molar-refractivity contribution in [1.29, 1.82) is 0 Å². The van der Waals surface area contributed by atoms with Crippen LogP contribution in [0.15, 0.2) is 18.2 Å². The Kier molecular flexibility index (Phi) is 3.32. The third-order valence-corrected chi connectivity index (χ3v) is 3.22. The van der Waals surface area contributed by atoms with Crippen molar-refractivity contribution in [2.45, 2.75) is 6.92 Å². The summed E-state index contributed by atoms with van der Waals surface area (Å²) in [6.45, 7) is 1.73. The number of halogens is 2. The number of rotatable bonds is 2. The predicted octanol–water partition coefficient (Wildman–Crippen LogP) is 2.85. The van der Waals surface area contributed by atoms with E-state index in [1.54, 1.807) is 26.1 Å². The Morgan fingerprint density at radius 3 is 2.56 bits per heavy atom. The normalized spacial score (nSPS) is 10.7. The van der Waals surface area contributed by atoms with Gasteiger partial charge >= 0.3 is 0 Å². The van der Waals surface area contributed by atoms with Gasteiger partial charge in [-0.1, -0.05) is 23.2 Å². The Labute approximate surface area is 114 Å². The highest BCUT2D eigenvalue weighted by Crippen LogP contribution is 2.26. The van der Waals surface area contributed by atoms with Crippen molar-refractivity contribution in [2.24, 2.45) is 7.05 Å². The van der Waals surface area contributed by atoms with Crippen LogP contribution in [0.2, 0.25) is 10.0 Å². The number of ketones is 1. The van der Waals surface area contributed by atoms with Crippen LogP contribution in [0, 0.1) is 6.92 Å². The van der Waals surface area contributed by atoms with Gasteiger partial charge in [0.25, 0.3) is 0 Å². The maximum Gasteiger partial charge on any atom is 0.200 e. The monoisotopic (exact) mass is 283 g/mol. The lowest BCUT2D eigenvalue weighted by molar-refractivity contribution is 0.103. The van der Waals surface area contributed by atoms with Gasteiger partial charge in [-0.25, -0.2) is 0 Å². The summed E-state index contributed by atoms with van der Waals surface area (Å²) in [7, 11) is 1.68. The molecule has 0 fully saturated rings. The Balaban J connectivity index is 2.55. The van der Waals surface area contributed by atoms with Crippen molar-refractivity contribution in [1.82, 2.24) is 9.78 Å². The highest BCUT2D eigenvalue weighted by atomic mass is 35.5. The molecule has 0 spiro atoms. The predicted molar refractivity (Wildman–Crippen MR) is 72.3 cm³/mol. The second-order valence-corrected chi connectivity index (χ2v) is 4.77. The Hall–Kier alpha value is -1.52. The summed E-state index contributed by atoms with van der Waals surface area (Å²) in [4.78, 5) is 12.4. The topological polar surface area (TPSA) is 60.9 Å². The molecule has 0 aliphatic carbocycles. The average molecular weight is 284 g/mol. The number of nitrogens with zero attached hydrogens (tertiary/aromatic N) is 2. The molecule has 0 amide bonds. The summed E-state index contributed by atoms with van der Waals surface area (Å²) >= 11 is 11.8. The molecular weight excluding hydrogens is 273 g/mol. The molecule has 6 heteroatoms. The summed E-state index contributed by atoms with van der Waals surface area (Å²) in [5.41, 5.74) is 7.15. The Bertz CT molecular complexity index is 634. The van der Waals surface area contributed by atoms with Crippen LogP contribution in [0.5, 0.6) is 0 Å². The van der Waals surface area contributed by atoms with Crippen LogP contribution in [0.25, 0.3) is 0 Å². The molecule has 0 aliphatic heterocycles. The summed E-state index contributed by atoms with van der Waals surface area (Å²) in [6, 6.07) is 4.72. The summed E-state index contributed by atoms with van der Waals surface area (Å²) < 4.78 is 1.46. The van der Waals surface area contributed by atoms with Crippen LogP contribution in [0.1, 0.15) is 21.6 Å². The first-order valence-electron chi connectivity index (χ1n) is 5.20. The minimum atomic E-state index is -0.250. The first-order chi connectivity index (χ1) is 8.41. The third kappa shape index (κ3) is 2.09. The molecule has 0 saturated carbocycles. The molecule has 2 aromatic rings. The second-order valence-electron chi connectivity index (χ2n) is 3.92. The fraction of sp³-hybridized carbons (Fsp3) is 0.167. The van der Waals surface area contributed by atoms with Crippen LogP contribution in [-0.2, 0) is 7.05 Å². The Morgan fingerprint density at radius 1 is 1.39 bits per heavy atom. The standard InChI is InChI=1S/C12H11Cl2N3O/c1-6-10(12(15)17(2)16-6)11(18)8-4-3-7(13)5-9(8)14/h3-5H,15H2,1-2H3. The van der Waals surface area contributed by atoms with E-state index in [0.717, 1.165) is 0 Å². The molecule has 1 aromatic carbocycles. The Morgan fingerprint density at radius 2 is 2.06 bits per heavy atom. The number of hydrogen-bond donors (Lipinski definition) is 1. The first-order valence-corrected chi connectivity index (χ1v) is 5.96. The maximum absolute atomic E-state index is 12.4. The molecule has 94 valence electrons. The molecule has 2 rings (SSSR count). The first kappa shape index (κ1) is 12.9. The van der Waals surface area contributed by atoms with Gasteiger partial charge in [-0.2, -0.15) is 5.10 Å². The quantitative estimate of drug-likeness (QED) is 0.862. The fourth-order valence-electron chi connectivity index (χ4n) is 1.76. The summed E-state index contributed by atoms with van der Waals surface area (Å²) in [5, 5.41) is 4.89. The molecule has 0 radical (unpaired) electrons. The van der Waals surface area contributed by atoms with E-state index in [2.05, 4.69) is 5.10 Å². The number of carbonyl (C=O) groups is 1. The van der Waals surface area contributed by atoms with Gasteiger partial charge < -0.3 is 5.73 Å². The molecule has 0 unspecified atom stereocenters. The number of anilines is 1. The van der Waals surface area contributed by atoms with E-state index in [9.17, 15) is 4.79 Å². The SMILES string of the molecule is Cc1nn(C)c(N)c1C(=O)c1ccc(Cl)cc1Cl. The lowest BCUT2D eigenvalue weighted by atomic mass is 10.0. The van der Waals surface area contributed by atoms with E-state index >= 15 is 0 Å². The molecular formula is C12H11Cl2N3O. The molecule has 0 bridgehead atoms. The third-order valence-electron chi connectivity index (χ3n) is 2.67. The van der Waals surface area contributed by atoms with E-state index in [4.69, 9.17) is 28.9 Å². The number of aryl methyl sites for hydroxylation is 2. The molecule has 4 nitrogen and oxygen atoms in total. The van der Waals surface area contributed by atoms with Crippen molar-refractivity contribution >= 4 is 34.8 Å². The van der Waals surface area contributed by atoms with Gasteiger partial charge in [0, 0.05) is 17.6 Å². The van der Waals surface area contributed by atoms with Crippen LogP contribution in [0.3, 0.4) is 0 Å². The van der Waals surface area contributed by atoms with Crippen LogP contribution in [-0.4, -0.2) is 15.6 Å². The van der Waals surface area contributed by atoms with Gasteiger partial charge in [0.2, 0.25) is 0 Å². The van der Waals surface area contributed by atoms with Crippen molar-refractivity contribution in [3.63, 3.8) is 0 Å². The highest BCUT2D eigenvalue weighted by molar-refractivity contribution is 6.37. The average Bonchev–Trinajstić information content (AvgIpc) is 2.52. The lowest BCUT2D eigenvalue weighted by Gasteiger charge is -2.04. The van der Waals surface area contributed by atoms with Gasteiger partial charge in [-0.05, 0) is 25.1 Å². The number of hydrogen-bond acceptors (Lipinski definition) is 3. The van der Waals surface area contributed by atoms with Gasteiger partial charge in [-0.15, -0.1) is 0 Å². The van der Waals surface area contributed by atoms with Crippen LogP contribution < -0.4 is 5.73 Å². The van der Waals surface area contributed by atoms with E-state index in [0.29, 0.717) is 32.7 Å². The second kappa shape index (κ2) is 4.63. The summed E-state index contributed by atoms with van der Waals surface area (Å²) in [5.74, 6) is 0.0725. The number of benzene rings is 1. The number of aromatic nitrogens is 2.